The molecule has 1 rings (SSSR count). The minimum atomic E-state index is -0.895. The van der Waals surface area contributed by atoms with Gasteiger partial charge in [0.2, 0.25) is 5.78 Å². The molecule has 0 aliphatic heterocycles. The molecule has 0 aromatic heterocycles. The van der Waals surface area contributed by atoms with E-state index in [0.717, 1.165) is 12.1 Å². The van der Waals surface area contributed by atoms with Crippen molar-refractivity contribution in [2.45, 2.75) is 0 Å². The predicted molar refractivity (Wildman–Crippen MR) is 52.2 cm³/mol. The Bertz CT molecular complexity index is 444. The molecule has 1 aromatic carbocycles. The van der Waals surface area contributed by atoms with Gasteiger partial charge in [-0.3, -0.25) is 4.79 Å². The second-order valence-corrected chi connectivity index (χ2v) is 3.08. The molecule has 0 heterocycles. The van der Waals surface area contributed by atoms with Gasteiger partial charge in [0.15, 0.2) is 0 Å². The monoisotopic (exact) mass is 209 g/mol. The van der Waals surface area contributed by atoms with Crippen LogP contribution in [0.3, 0.4) is 0 Å². The minimum Gasteiger partial charge on any atom is -0.338 e. The van der Waals surface area contributed by atoms with Gasteiger partial charge in [-0.15, -0.1) is 0 Å². The Labute approximate surface area is 86.5 Å². The van der Waals surface area contributed by atoms with E-state index < -0.39 is 17.4 Å². The van der Waals surface area contributed by atoms with Crippen LogP contribution in [-0.2, 0) is 0 Å². The molecule has 4 heteroatoms. The van der Waals surface area contributed by atoms with Crippen LogP contribution in [0.4, 0.5) is 8.78 Å². The van der Waals surface area contributed by atoms with Crippen LogP contribution in [0, 0.1) is 23.6 Å². The maximum Gasteiger partial charge on any atom is 0.240 e. The highest BCUT2D eigenvalue weighted by molar-refractivity contribution is 6.09. The van der Waals surface area contributed by atoms with Crippen LogP contribution in [0.5, 0.6) is 0 Å². The van der Waals surface area contributed by atoms with E-state index in [1.165, 1.54) is 4.90 Å². The fraction of sp³-hybridized carbons (Fsp3) is 0.182. The van der Waals surface area contributed by atoms with Crippen LogP contribution in [0.2, 0.25) is 0 Å². The molecule has 15 heavy (non-hydrogen) atoms. The van der Waals surface area contributed by atoms with Crippen molar-refractivity contribution in [3.63, 3.8) is 0 Å². The highest BCUT2D eigenvalue weighted by atomic mass is 19.1. The Balaban J connectivity index is 2.99. The van der Waals surface area contributed by atoms with Gasteiger partial charge < -0.3 is 4.90 Å². The number of ketones is 1. The highest BCUT2D eigenvalue weighted by Crippen LogP contribution is 2.09. The number of benzene rings is 1. The van der Waals surface area contributed by atoms with Crippen LogP contribution in [0.25, 0.3) is 0 Å². The lowest BCUT2D eigenvalue weighted by molar-refractivity contribution is 0.105. The number of Topliss-reactive ketones (excluding diaryl/α,β-unsaturated/α-hetero) is 1. The fourth-order valence-corrected chi connectivity index (χ4v) is 0.904. The van der Waals surface area contributed by atoms with Crippen molar-refractivity contribution in [3.8, 4) is 12.0 Å². The first-order valence-corrected chi connectivity index (χ1v) is 4.19. The largest absolute Gasteiger partial charge is 0.338 e. The van der Waals surface area contributed by atoms with Crippen LogP contribution < -0.4 is 0 Å². The summed E-state index contributed by atoms with van der Waals surface area (Å²) in [5.41, 5.74) is -0.217. The zero-order chi connectivity index (χ0) is 11.4. The lowest BCUT2D eigenvalue weighted by atomic mass is 10.1. The number of hydrogen-bond donors (Lipinski definition) is 0. The van der Waals surface area contributed by atoms with Crippen LogP contribution in [-0.4, -0.2) is 24.8 Å². The summed E-state index contributed by atoms with van der Waals surface area (Å²) in [7, 11) is 3.31. The summed E-state index contributed by atoms with van der Waals surface area (Å²) in [6.07, 6.45) is 0. The third-order valence-electron chi connectivity index (χ3n) is 1.57. The van der Waals surface area contributed by atoms with Crippen molar-refractivity contribution >= 4 is 5.78 Å². The highest BCUT2D eigenvalue weighted by Gasteiger charge is 2.09. The molecule has 1 aromatic rings. The van der Waals surface area contributed by atoms with Gasteiger partial charge >= 0.3 is 0 Å². The second-order valence-electron chi connectivity index (χ2n) is 3.08. The number of hydrogen-bond acceptors (Lipinski definition) is 2. The predicted octanol–water partition coefficient (Wildman–Crippen LogP) is 1.67. The van der Waals surface area contributed by atoms with Gasteiger partial charge in [0.1, 0.15) is 11.6 Å². The molecule has 0 atom stereocenters. The van der Waals surface area contributed by atoms with Crippen molar-refractivity contribution in [1.82, 2.24) is 4.90 Å². The van der Waals surface area contributed by atoms with Crippen molar-refractivity contribution in [2.75, 3.05) is 14.1 Å². The lowest BCUT2D eigenvalue weighted by Crippen LogP contribution is -2.05. The summed E-state index contributed by atoms with van der Waals surface area (Å²) >= 11 is 0. The van der Waals surface area contributed by atoms with E-state index in [4.69, 9.17) is 0 Å². The summed E-state index contributed by atoms with van der Waals surface area (Å²) in [5, 5.41) is 0. The molecule has 0 N–H and O–H groups in total. The molecule has 0 spiro atoms. The third-order valence-corrected chi connectivity index (χ3v) is 1.57. The van der Waals surface area contributed by atoms with Gasteiger partial charge in [0, 0.05) is 32.1 Å². The molecule has 0 aliphatic rings. The quantitative estimate of drug-likeness (QED) is 0.398. The smallest absolute Gasteiger partial charge is 0.240 e. The molecule has 0 aliphatic carbocycles. The summed E-state index contributed by atoms with van der Waals surface area (Å²) in [6.45, 7) is 0. The average molecular weight is 209 g/mol. The second kappa shape index (κ2) is 4.56. The van der Waals surface area contributed by atoms with Crippen molar-refractivity contribution in [3.05, 3.63) is 35.4 Å². The fourth-order valence-electron chi connectivity index (χ4n) is 0.904. The maximum absolute atomic E-state index is 13.1. The number of rotatable bonds is 1. The number of nitrogens with zero attached hydrogens (tertiary/aromatic N) is 1. The van der Waals surface area contributed by atoms with Crippen molar-refractivity contribution in [2.24, 2.45) is 0 Å². The standard InChI is InChI=1S/C11H9F2NO/c1-14(2)6-5-11(15)9-4-3-8(12)7-10(9)13/h3-4,7H,1-2H3. The van der Waals surface area contributed by atoms with Gasteiger partial charge in [-0.1, -0.05) is 0 Å². The van der Waals surface area contributed by atoms with E-state index >= 15 is 0 Å². The number of carbonyl (C=O) groups excluding carboxylic acids is 1. The minimum absolute atomic E-state index is 0.217. The molecule has 78 valence electrons. The summed E-state index contributed by atoms with van der Waals surface area (Å²) in [5.74, 6) is -0.0456. The molecule has 0 radical (unpaired) electrons. The Hall–Kier alpha value is -1.89. The van der Waals surface area contributed by atoms with Gasteiger partial charge in [-0.2, -0.15) is 0 Å². The molecule has 0 bridgehead atoms. The van der Waals surface area contributed by atoms with Crippen molar-refractivity contribution in [1.29, 1.82) is 0 Å². The first-order valence-electron chi connectivity index (χ1n) is 4.19. The zero-order valence-corrected chi connectivity index (χ0v) is 8.34. The Morgan fingerprint density at radius 1 is 1.33 bits per heavy atom. The van der Waals surface area contributed by atoms with Crippen LogP contribution in [0.1, 0.15) is 10.4 Å². The number of halogens is 2. The summed E-state index contributed by atoms with van der Waals surface area (Å²) < 4.78 is 25.6. The maximum atomic E-state index is 13.1. The third kappa shape index (κ3) is 3.06. The van der Waals surface area contributed by atoms with Crippen LogP contribution in [0.15, 0.2) is 18.2 Å². The molecule has 0 fully saturated rings. The van der Waals surface area contributed by atoms with E-state index in [0.29, 0.717) is 6.07 Å². The Kier molecular flexibility index (Phi) is 3.40. The first kappa shape index (κ1) is 11.2. The van der Waals surface area contributed by atoms with Crippen molar-refractivity contribution < 1.29 is 13.6 Å². The molecular weight excluding hydrogens is 200 g/mol. The molecule has 0 saturated carbocycles. The summed E-state index contributed by atoms with van der Waals surface area (Å²) in [6, 6.07) is 5.22. The first-order chi connectivity index (χ1) is 7.00. The van der Waals surface area contributed by atoms with Gasteiger partial charge in [-0.25, -0.2) is 8.78 Å². The number of carbonyl (C=O) groups is 1. The summed E-state index contributed by atoms with van der Waals surface area (Å²) in [4.78, 5) is 12.8. The SMILES string of the molecule is CN(C)C#CC(=O)c1ccc(F)cc1F. The van der Waals surface area contributed by atoms with Gasteiger partial charge in [-0.05, 0) is 12.1 Å². The van der Waals surface area contributed by atoms with Gasteiger partial charge in [0.05, 0.1) is 5.56 Å². The van der Waals surface area contributed by atoms with E-state index in [1.807, 2.05) is 0 Å². The van der Waals surface area contributed by atoms with Gasteiger partial charge in [0.25, 0.3) is 0 Å². The zero-order valence-electron chi connectivity index (χ0n) is 8.34. The Morgan fingerprint density at radius 3 is 2.53 bits per heavy atom. The molecule has 0 saturated heterocycles. The van der Waals surface area contributed by atoms with E-state index in [9.17, 15) is 13.6 Å². The van der Waals surface area contributed by atoms with E-state index in [-0.39, 0.29) is 5.56 Å². The van der Waals surface area contributed by atoms with E-state index in [2.05, 4.69) is 12.0 Å². The molecule has 0 unspecified atom stereocenters. The van der Waals surface area contributed by atoms with E-state index in [1.54, 1.807) is 14.1 Å². The average Bonchev–Trinajstić information content (AvgIpc) is 2.14. The molecular formula is C11H9F2NO. The molecule has 0 amide bonds. The lowest BCUT2D eigenvalue weighted by Gasteiger charge is -1.99. The topological polar surface area (TPSA) is 20.3 Å². The Morgan fingerprint density at radius 2 is 2.00 bits per heavy atom. The molecule has 2 nitrogen and oxygen atoms in total. The normalized spacial score (nSPS) is 9.07. The van der Waals surface area contributed by atoms with Crippen LogP contribution >= 0.6 is 0 Å².